The van der Waals surface area contributed by atoms with Crippen molar-refractivity contribution in [2.75, 3.05) is 4.90 Å². The summed E-state index contributed by atoms with van der Waals surface area (Å²) in [7, 11) is 0. The Morgan fingerprint density at radius 2 is 0.770 bits per heavy atom. The van der Waals surface area contributed by atoms with Gasteiger partial charge < -0.3 is 9.47 Å². The lowest BCUT2D eigenvalue weighted by Crippen LogP contribution is -2.28. The highest BCUT2D eigenvalue weighted by atomic mass is 15.2. The van der Waals surface area contributed by atoms with Crippen LogP contribution < -0.4 is 4.90 Å². The number of hydrogen-bond donors (Lipinski definition) is 0. The largest absolute Gasteiger partial charge is 0.309 e. The molecular weight excluding hydrogens is 1050 g/mol. The van der Waals surface area contributed by atoms with Crippen molar-refractivity contribution >= 4 is 49.6 Å². The number of hydrogen-bond acceptors (Lipinski definition) is 1. The molecule has 0 amide bonds. The van der Waals surface area contributed by atoms with E-state index in [0.29, 0.717) is 0 Å². The summed E-state index contributed by atoms with van der Waals surface area (Å²) in [4.78, 5) is 2.58. The molecule has 15 rings (SSSR count). The van der Waals surface area contributed by atoms with Crippen LogP contribution in [0.3, 0.4) is 0 Å². The van der Waals surface area contributed by atoms with Gasteiger partial charge in [0.1, 0.15) is 0 Å². The maximum Gasteiger partial charge on any atom is 0.0713 e. The fourth-order valence-corrected chi connectivity index (χ4v) is 14.3. The Bertz CT molecular complexity index is 4860. The fourth-order valence-electron chi connectivity index (χ4n) is 14.3. The van der Waals surface area contributed by atoms with Gasteiger partial charge in [-0.1, -0.05) is 296 Å². The zero-order valence-corrected chi connectivity index (χ0v) is 50.3. The number of fused-ring (bicyclic) bond motifs is 7. The van der Waals surface area contributed by atoms with E-state index in [0.717, 1.165) is 45.0 Å². The Hall–Kier alpha value is -10.3. The molecule has 418 valence electrons. The molecule has 0 radical (unpaired) electrons. The molecule has 0 unspecified atom stereocenters. The summed E-state index contributed by atoms with van der Waals surface area (Å²) in [6.45, 7) is 14.0. The molecule has 2 heteroatoms. The van der Waals surface area contributed by atoms with Crippen molar-refractivity contribution in [1.82, 2.24) is 4.57 Å². The quantitative estimate of drug-likeness (QED) is 0.132. The van der Waals surface area contributed by atoms with Gasteiger partial charge in [0.2, 0.25) is 0 Å². The minimum atomic E-state index is -0.563. The minimum absolute atomic E-state index is 0.0493. The van der Waals surface area contributed by atoms with Crippen molar-refractivity contribution in [3.8, 4) is 61.3 Å². The van der Waals surface area contributed by atoms with Crippen LogP contribution in [0, 0.1) is 0 Å². The van der Waals surface area contributed by atoms with E-state index in [4.69, 9.17) is 0 Å². The summed E-state index contributed by atoms with van der Waals surface area (Å²) in [5.41, 5.74) is 25.7. The number of aromatic nitrogens is 1. The lowest BCUT2D eigenvalue weighted by molar-refractivity contribution is 0.569. The maximum atomic E-state index is 2.58. The average Bonchev–Trinajstić information content (AvgIpc) is 1.78. The van der Waals surface area contributed by atoms with E-state index in [1.807, 2.05) is 0 Å². The smallest absolute Gasteiger partial charge is 0.0713 e. The first kappa shape index (κ1) is 53.4. The maximum absolute atomic E-state index is 2.58. The van der Waals surface area contributed by atoms with Crippen molar-refractivity contribution in [2.24, 2.45) is 0 Å². The van der Waals surface area contributed by atoms with E-state index in [9.17, 15) is 0 Å². The normalized spacial score (nSPS) is 12.8. The third-order valence-electron chi connectivity index (χ3n) is 18.4. The molecule has 1 aliphatic rings. The molecule has 14 aromatic rings. The Labute approximate surface area is 512 Å². The summed E-state index contributed by atoms with van der Waals surface area (Å²) < 4.78 is 2.40. The van der Waals surface area contributed by atoms with Crippen molar-refractivity contribution in [3.63, 3.8) is 0 Å². The molecule has 2 nitrogen and oxygen atoms in total. The SMILES string of the molecule is CC(C)(C)c1cc(-c2cccc3cccc(-c4ccccc4N(c4ccccc4-c4ccc5c(c4)c4ccccc4n5-c4ccccc4)c4ccccc4-c4cccc5c4-c4ccccc4C5(c4ccccc4)c4ccccc4)c23)cc(C(C)(C)C)c1. The summed E-state index contributed by atoms with van der Waals surface area (Å²) in [6.07, 6.45) is 0. The van der Waals surface area contributed by atoms with E-state index in [-0.39, 0.29) is 10.8 Å². The van der Waals surface area contributed by atoms with Gasteiger partial charge >= 0.3 is 0 Å². The Morgan fingerprint density at radius 3 is 1.40 bits per heavy atom. The highest BCUT2D eigenvalue weighted by molar-refractivity contribution is 6.13. The first-order valence-corrected chi connectivity index (χ1v) is 30.7. The Kier molecular flexibility index (Phi) is 12.9. The van der Waals surface area contributed by atoms with Crippen LogP contribution in [0.5, 0.6) is 0 Å². The van der Waals surface area contributed by atoms with Gasteiger partial charge in [-0.15, -0.1) is 0 Å². The van der Waals surface area contributed by atoms with Crippen LogP contribution in [-0.2, 0) is 16.2 Å². The van der Waals surface area contributed by atoms with Gasteiger partial charge in [-0.2, -0.15) is 0 Å². The molecule has 0 saturated heterocycles. The third-order valence-corrected chi connectivity index (χ3v) is 18.4. The molecule has 0 atom stereocenters. The second-order valence-electron chi connectivity index (χ2n) is 25.6. The molecule has 1 heterocycles. The molecule has 1 aromatic heterocycles. The van der Waals surface area contributed by atoms with Crippen LogP contribution in [0.25, 0.3) is 93.9 Å². The molecule has 13 aromatic carbocycles. The van der Waals surface area contributed by atoms with Crippen molar-refractivity contribution in [1.29, 1.82) is 0 Å². The van der Waals surface area contributed by atoms with Crippen molar-refractivity contribution in [3.05, 3.63) is 337 Å². The van der Waals surface area contributed by atoms with E-state index < -0.39 is 5.41 Å². The molecule has 87 heavy (non-hydrogen) atoms. The van der Waals surface area contributed by atoms with Crippen LogP contribution in [0.15, 0.2) is 303 Å². The van der Waals surface area contributed by atoms with Gasteiger partial charge in [0.15, 0.2) is 0 Å². The standard InChI is InChI=1S/C85H68N2/c1-83(2,3)62-53-59(54-63(56-62)84(4,5)6)66-42-26-29-57-30-27-43-70(81(57)66)67-38-18-24-49-78(67)87(76-47-22-17-37-65(76)58-51-52-80-73(55-58)69-40-20-23-48-77(69)86(80)64-35-14-9-15-36-64)79-50-25-19-39-68(79)71-44-28-46-75-82(71)72-41-16-21-45-74(72)85(75,60-31-10-7-11-32-60)61-33-12-8-13-34-61/h7-56H,1-6H3. The number of anilines is 3. The summed E-state index contributed by atoms with van der Waals surface area (Å²) in [5.74, 6) is 0. The summed E-state index contributed by atoms with van der Waals surface area (Å²) in [5, 5.41) is 4.86. The number of nitrogens with zero attached hydrogens (tertiary/aromatic N) is 2. The average molecular weight is 1120 g/mol. The number of rotatable bonds is 10. The Morgan fingerprint density at radius 1 is 0.310 bits per heavy atom. The second-order valence-corrected chi connectivity index (χ2v) is 25.6. The van der Waals surface area contributed by atoms with Gasteiger partial charge in [-0.05, 0) is 142 Å². The molecule has 0 N–H and O–H groups in total. The number of para-hydroxylation sites is 5. The van der Waals surface area contributed by atoms with Gasteiger partial charge in [-0.25, -0.2) is 0 Å². The lowest BCUT2D eigenvalue weighted by Gasteiger charge is -2.34. The first-order valence-electron chi connectivity index (χ1n) is 30.7. The van der Waals surface area contributed by atoms with Gasteiger partial charge in [0, 0.05) is 33.2 Å². The molecular formula is C85H68N2. The molecule has 0 bridgehead atoms. The fraction of sp³-hybridized carbons (Fsp3) is 0.106. The zero-order valence-electron chi connectivity index (χ0n) is 50.3. The Balaban J connectivity index is 1.01. The first-order chi connectivity index (χ1) is 42.5. The highest BCUT2D eigenvalue weighted by Gasteiger charge is 2.47. The third kappa shape index (κ3) is 8.84. The van der Waals surface area contributed by atoms with Crippen LogP contribution in [0.4, 0.5) is 17.1 Å². The van der Waals surface area contributed by atoms with Gasteiger partial charge in [0.05, 0.1) is 33.5 Å². The highest BCUT2D eigenvalue weighted by Crippen LogP contribution is 2.60. The molecule has 0 aliphatic heterocycles. The summed E-state index contributed by atoms with van der Waals surface area (Å²) >= 11 is 0. The molecule has 0 saturated carbocycles. The van der Waals surface area contributed by atoms with E-state index >= 15 is 0 Å². The van der Waals surface area contributed by atoms with E-state index in [1.54, 1.807) is 0 Å². The second kappa shape index (κ2) is 21.0. The topological polar surface area (TPSA) is 8.17 Å². The molecule has 0 fully saturated rings. The van der Waals surface area contributed by atoms with Crippen LogP contribution in [0.2, 0.25) is 0 Å². The molecule has 0 spiro atoms. The van der Waals surface area contributed by atoms with Crippen LogP contribution in [-0.4, -0.2) is 4.57 Å². The van der Waals surface area contributed by atoms with Crippen LogP contribution >= 0.6 is 0 Å². The summed E-state index contributed by atoms with van der Waals surface area (Å²) in [6, 6.07) is 114. The van der Waals surface area contributed by atoms with Crippen molar-refractivity contribution in [2.45, 2.75) is 57.8 Å². The zero-order chi connectivity index (χ0) is 59.0. The number of benzene rings is 13. The van der Waals surface area contributed by atoms with Crippen LogP contribution in [0.1, 0.15) is 74.9 Å². The van der Waals surface area contributed by atoms with E-state index in [2.05, 4.69) is 354 Å². The van der Waals surface area contributed by atoms with E-state index in [1.165, 1.54) is 99.3 Å². The predicted molar refractivity (Wildman–Crippen MR) is 369 cm³/mol. The monoisotopic (exact) mass is 1120 g/mol. The minimum Gasteiger partial charge on any atom is -0.309 e. The molecule has 1 aliphatic carbocycles. The van der Waals surface area contributed by atoms with Gasteiger partial charge in [0.25, 0.3) is 0 Å². The predicted octanol–water partition coefficient (Wildman–Crippen LogP) is 23.0. The van der Waals surface area contributed by atoms with Crippen molar-refractivity contribution < 1.29 is 0 Å². The lowest BCUT2D eigenvalue weighted by atomic mass is 9.67. The van der Waals surface area contributed by atoms with Gasteiger partial charge in [-0.3, -0.25) is 0 Å².